The fraction of sp³-hybridized carbons (Fsp3) is 0.133. The number of rotatable bonds is 5. The average Bonchev–Trinajstić information content (AvgIpc) is 2.43. The van der Waals surface area contributed by atoms with E-state index in [9.17, 15) is 13.6 Å². The van der Waals surface area contributed by atoms with Gasteiger partial charge in [0.15, 0.2) is 0 Å². The van der Waals surface area contributed by atoms with E-state index in [-0.39, 0.29) is 5.75 Å². The van der Waals surface area contributed by atoms with Crippen LogP contribution in [0, 0.1) is 11.6 Å². The van der Waals surface area contributed by atoms with Crippen molar-refractivity contribution in [1.29, 1.82) is 0 Å². The molecule has 0 aromatic heterocycles. The second-order valence-electron chi connectivity index (χ2n) is 4.27. The third kappa shape index (κ3) is 4.72. The predicted molar refractivity (Wildman–Crippen MR) is 82.6 cm³/mol. The van der Waals surface area contributed by atoms with Gasteiger partial charge in [-0.15, -0.1) is 11.8 Å². The number of nitrogens with one attached hydrogen (secondary N) is 1. The number of thioether (sulfide) groups is 1. The highest BCUT2D eigenvalue weighted by Crippen LogP contribution is 2.20. The number of anilines is 1. The van der Waals surface area contributed by atoms with E-state index in [0.717, 1.165) is 17.7 Å². The zero-order valence-corrected chi connectivity index (χ0v) is 12.5. The Morgan fingerprint density at radius 3 is 2.48 bits per heavy atom. The summed E-state index contributed by atoms with van der Waals surface area (Å²) in [5.41, 5.74) is 0.572. The molecule has 0 unspecified atom stereocenters. The Balaban J connectivity index is 1.85. The molecule has 0 aliphatic rings. The van der Waals surface area contributed by atoms with Gasteiger partial charge >= 0.3 is 0 Å². The highest BCUT2D eigenvalue weighted by Gasteiger charge is 2.11. The van der Waals surface area contributed by atoms with Crippen molar-refractivity contribution < 1.29 is 13.6 Å². The van der Waals surface area contributed by atoms with E-state index in [4.69, 9.17) is 11.6 Å². The van der Waals surface area contributed by atoms with Gasteiger partial charge in [0.1, 0.15) is 17.3 Å². The van der Waals surface area contributed by atoms with Gasteiger partial charge in [0.05, 0.1) is 5.75 Å². The first-order chi connectivity index (χ1) is 10.1. The molecular formula is C15H12ClF2NOS. The minimum atomic E-state index is -0.789. The van der Waals surface area contributed by atoms with Gasteiger partial charge in [0.25, 0.3) is 0 Å². The Bertz CT molecular complexity index is 631. The molecule has 110 valence electrons. The summed E-state index contributed by atoms with van der Waals surface area (Å²) in [5, 5.41) is 2.87. The number of carbonyl (C=O) groups excluding carboxylic acids is 1. The Morgan fingerprint density at radius 1 is 1.14 bits per heavy atom. The maximum Gasteiger partial charge on any atom is 0.234 e. The lowest BCUT2D eigenvalue weighted by Gasteiger charge is -2.07. The lowest BCUT2D eigenvalue weighted by atomic mass is 10.2. The van der Waals surface area contributed by atoms with Crippen molar-refractivity contribution in [2.24, 2.45) is 0 Å². The number of amides is 1. The summed E-state index contributed by atoms with van der Waals surface area (Å²) in [4.78, 5) is 11.7. The van der Waals surface area contributed by atoms with Crippen LogP contribution in [0.2, 0.25) is 5.02 Å². The minimum Gasteiger partial charge on any atom is -0.320 e. The van der Waals surface area contributed by atoms with E-state index < -0.39 is 23.2 Å². The van der Waals surface area contributed by atoms with Gasteiger partial charge in [-0.05, 0) is 29.8 Å². The standard InChI is InChI=1S/C15H12ClF2NOS/c16-11-4-1-3-10(7-11)8-21-9-14(20)19-15-12(17)5-2-6-13(15)18/h1-7H,8-9H2,(H,19,20). The van der Waals surface area contributed by atoms with E-state index in [2.05, 4.69) is 5.32 Å². The van der Waals surface area contributed by atoms with Crippen LogP contribution in [-0.2, 0) is 10.5 Å². The average molecular weight is 328 g/mol. The molecule has 0 aliphatic heterocycles. The van der Waals surface area contributed by atoms with Crippen molar-refractivity contribution in [3.63, 3.8) is 0 Å². The van der Waals surface area contributed by atoms with Crippen molar-refractivity contribution in [1.82, 2.24) is 0 Å². The number of hydrogen-bond donors (Lipinski definition) is 1. The molecule has 0 spiro atoms. The molecule has 0 aliphatic carbocycles. The maximum atomic E-state index is 13.4. The molecule has 0 heterocycles. The smallest absolute Gasteiger partial charge is 0.234 e. The molecule has 0 radical (unpaired) electrons. The molecule has 2 nitrogen and oxygen atoms in total. The molecule has 6 heteroatoms. The molecule has 2 aromatic carbocycles. The first kappa shape index (κ1) is 15.8. The second kappa shape index (κ2) is 7.43. The van der Waals surface area contributed by atoms with Gasteiger partial charge in [-0.1, -0.05) is 29.8 Å². The Morgan fingerprint density at radius 2 is 1.81 bits per heavy atom. The summed E-state index contributed by atoms with van der Waals surface area (Å²) in [6.45, 7) is 0. The Kier molecular flexibility index (Phi) is 5.59. The van der Waals surface area contributed by atoms with E-state index in [1.54, 1.807) is 6.07 Å². The molecule has 1 amide bonds. The largest absolute Gasteiger partial charge is 0.320 e. The van der Waals surface area contributed by atoms with Gasteiger partial charge in [-0.2, -0.15) is 0 Å². The van der Waals surface area contributed by atoms with E-state index in [0.29, 0.717) is 10.8 Å². The van der Waals surface area contributed by atoms with Crippen LogP contribution in [0.3, 0.4) is 0 Å². The normalized spacial score (nSPS) is 10.4. The number of hydrogen-bond acceptors (Lipinski definition) is 2. The van der Waals surface area contributed by atoms with Gasteiger partial charge in [-0.3, -0.25) is 4.79 Å². The van der Waals surface area contributed by atoms with Crippen LogP contribution >= 0.6 is 23.4 Å². The Labute approximate surface area is 130 Å². The first-order valence-corrected chi connectivity index (χ1v) is 7.65. The maximum absolute atomic E-state index is 13.4. The third-order valence-corrected chi connectivity index (χ3v) is 3.86. The highest BCUT2D eigenvalue weighted by atomic mass is 35.5. The van der Waals surface area contributed by atoms with Crippen LogP contribution < -0.4 is 5.32 Å². The predicted octanol–water partition coefficient (Wildman–Crippen LogP) is 4.49. The fourth-order valence-electron chi connectivity index (χ4n) is 1.68. The number of carbonyl (C=O) groups is 1. The first-order valence-electron chi connectivity index (χ1n) is 6.12. The monoisotopic (exact) mass is 327 g/mol. The lowest BCUT2D eigenvalue weighted by molar-refractivity contribution is -0.113. The molecule has 2 aromatic rings. The molecular weight excluding hydrogens is 316 g/mol. The van der Waals surface area contributed by atoms with Crippen molar-refractivity contribution >= 4 is 35.0 Å². The molecule has 0 atom stereocenters. The summed E-state index contributed by atoms with van der Waals surface area (Å²) in [5.74, 6) is -1.34. The third-order valence-electron chi connectivity index (χ3n) is 2.62. The highest BCUT2D eigenvalue weighted by molar-refractivity contribution is 7.99. The molecule has 0 saturated carbocycles. The molecule has 21 heavy (non-hydrogen) atoms. The van der Waals surface area contributed by atoms with E-state index in [1.165, 1.54) is 17.8 Å². The molecule has 2 rings (SSSR count). The van der Waals surface area contributed by atoms with Crippen molar-refractivity contribution in [3.8, 4) is 0 Å². The SMILES string of the molecule is O=C(CSCc1cccc(Cl)c1)Nc1c(F)cccc1F. The van der Waals surface area contributed by atoms with E-state index >= 15 is 0 Å². The van der Waals surface area contributed by atoms with Gasteiger partial charge in [0.2, 0.25) is 5.91 Å². The molecule has 0 fully saturated rings. The van der Waals surface area contributed by atoms with E-state index in [1.807, 2.05) is 18.2 Å². The second-order valence-corrected chi connectivity index (χ2v) is 5.69. The Hall–Kier alpha value is -1.59. The summed E-state index contributed by atoms with van der Waals surface area (Å²) >= 11 is 7.20. The van der Waals surface area contributed by atoms with Crippen LogP contribution in [0.4, 0.5) is 14.5 Å². The fourth-order valence-corrected chi connectivity index (χ4v) is 2.67. The van der Waals surface area contributed by atoms with Gasteiger partial charge in [-0.25, -0.2) is 8.78 Å². The summed E-state index contributed by atoms with van der Waals surface area (Å²) < 4.78 is 26.7. The van der Waals surface area contributed by atoms with Crippen LogP contribution in [-0.4, -0.2) is 11.7 Å². The summed E-state index contributed by atoms with van der Waals surface area (Å²) in [6.07, 6.45) is 0. The zero-order chi connectivity index (χ0) is 15.2. The summed E-state index contributed by atoms with van der Waals surface area (Å²) in [7, 11) is 0. The topological polar surface area (TPSA) is 29.1 Å². The zero-order valence-electron chi connectivity index (χ0n) is 10.9. The van der Waals surface area contributed by atoms with Crippen LogP contribution in [0.5, 0.6) is 0 Å². The number of para-hydroxylation sites is 1. The van der Waals surface area contributed by atoms with Gasteiger partial charge < -0.3 is 5.32 Å². The van der Waals surface area contributed by atoms with Crippen LogP contribution in [0.1, 0.15) is 5.56 Å². The molecule has 0 bridgehead atoms. The van der Waals surface area contributed by atoms with Crippen LogP contribution in [0.15, 0.2) is 42.5 Å². The van der Waals surface area contributed by atoms with Crippen molar-refractivity contribution in [2.45, 2.75) is 5.75 Å². The van der Waals surface area contributed by atoms with Crippen molar-refractivity contribution in [2.75, 3.05) is 11.1 Å². The number of benzene rings is 2. The molecule has 1 N–H and O–H groups in total. The lowest BCUT2D eigenvalue weighted by Crippen LogP contribution is -2.16. The summed E-state index contributed by atoms with van der Waals surface area (Å²) in [6, 6.07) is 10.7. The number of halogens is 3. The minimum absolute atomic E-state index is 0.0975. The van der Waals surface area contributed by atoms with Gasteiger partial charge in [0, 0.05) is 10.8 Å². The van der Waals surface area contributed by atoms with Crippen molar-refractivity contribution in [3.05, 3.63) is 64.7 Å². The van der Waals surface area contributed by atoms with Crippen LogP contribution in [0.25, 0.3) is 0 Å². The molecule has 0 saturated heterocycles. The quantitative estimate of drug-likeness (QED) is 0.876.